The summed E-state index contributed by atoms with van der Waals surface area (Å²) in [6, 6.07) is 10.0. The average molecular weight is 561 g/mol. The highest BCUT2D eigenvalue weighted by atomic mass is 32.1. The van der Waals surface area contributed by atoms with Gasteiger partial charge in [-0.05, 0) is 75.2 Å². The summed E-state index contributed by atoms with van der Waals surface area (Å²) in [5.74, 6) is -15.7. The lowest BCUT2D eigenvalue weighted by molar-refractivity contribution is -0.254. The molecule has 4 heterocycles. The lowest BCUT2D eigenvalue weighted by Gasteiger charge is -2.25. The summed E-state index contributed by atoms with van der Waals surface area (Å²) in [5, 5.41) is 0. The first-order valence-electron chi connectivity index (χ1n) is 10.5. The second kappa shape index (κ2) is 8.06. The first kappa shape index (κ1) is 24.8. The van der Waals surface area contributed by atoms with Crippen molar-refractivity contribution in [2.24, 2.45) is 0 Å². The van der Waals surface area contributed by atoms with Crippen LogP contribution in [0.5, 0.6) is 0 Å². The summed E-state index contributed by atoms with van der Waals surface area (Å²) in [4.78, 5) is 5.24. The van der Waals surface area contributed by atoms with Gasteiger partial charge < -0.3 is 0 Å². The van der Waals surface area contributed by atoms with Crippen LogP contribution in [0, 0.1) is 27.7 Å². The molecule has 4 aromatic rings. The van der Waals surface area contributed by atoms with Crippen LogP contribution in [-0.2, 0) is 0 Å². The first-order valence-corrected chi connectivity index (χ1v) is 13.8. The standard InChI is InChI=1S/C25H18F6S4/c1-11-5-7-17(32-11)19-9-15(13(3)34-19)21-22(24(28,29)25(30,31)23(21,26)27)16-10-20(35-14(16)4)18-8-6-12(2)33-18/h5-10H,1-4H3. The summed E-state index contributed by atoms with van der Waals surface area (Å²) in [5.41, 5.74) is -3.08. The molecule has 0 fully saturated rings. The largest absolute Gasteiger partial charge is 0.380 e. The zero-order valence-electron chi connectivity index (χ0n) is 18.9. The van der Waals surface area contributed by atoms with E-state index in [9.17, 15) is 8.78 Å². The van der Waals surface area contributed by atoms with E-state index in [-0.39, 0.29) is 20.9 Å². The molecule has 0 nitrogen and oxygen atoms in total. The topological polar surface area (TPSA) is 0 Å². The predicted molar refractivity (Wildman–Crippen MR) is 136 cm³/mol. The number of rotatable bonds is 4. The molecule has 1 aliphatic rings. The van der Waals surface area contributed by atoms with Crippen molar-refractivity contribution >= 4 is 56.5 Å². The molecule has 0 N–H and O–H groups in total. The van der Waals surface area contributed by atoms with Crippen LogP contribution in [0.4, 0.5) is 26.3 Å². The van der Waals surface area contributed by atoms with Gasteiger partial charge in [0.05, 0.1) is 0 Å². The zero-order chi connectivity index (χ0) is 25.5. The molecular formula is C25H18F6S4. The number of alkyl halides is 6. The molecule has 0 unspecified atom stereocenters. The molecule has 0 aliphatic heterocycles. The molecular weight excluding hydrogens is 543 g/mol. The van der Waals surface area contributed by atoms with Gasteiger partial charge >= 0.3 is 17.8 Å². The maximum Gasteiger partial charge on any atom is 0.380 e. The van der Waals surface area contributed by atoms with Gasteiger partial charge in [-0.25, -0.2) is 0 Å². The fraction of sp³-hybridized carbons (Fsp3) is 0.280. The lowest BCUT2D eigenvalue weighted by Crippen LogP contribution is -2.48. The van der Waals surface area contributed by atoms with Crippen LogP contribution in [0.15, 0.2) is 36.4 Å². The number of hydrogen-bond donors (Lipinski definition) is 0. The van der Waals surface area contributed by atoms with Gasteiger partial charge in [-0.1, -0.05) is 0 Å². The molecule has 35 heavy (non-hydrogen) atoms. The third kappa shape index (κ3) is 3.59. The van der Waals surface area contributed by atoms with Crippen LogP contribution in [0.1, 0.15) is 30.6 Å². The van der Waals surface area contributed by atoms with Crippen molar-refractivity contribution < 1.29 is 26.3 Å². The summed E-state index contributed by atoms with van der Waals surface area (Å²) in [6.45, 7) is 6.77. The first-order chi connectivity index (χ1) is 16.3. The molecule has 0 amide bonds. The average Bonchev–Trinajstić information content (AvgIpc) is 3.54. The fourth-order valence-corrected chi connectivity index (χ4v) is 8.22. The van der Waals surface area contributed by atoms with Gasteiger partial charge in [0.2, 0.25) is 0 Å². The minimum Gasteiger partial charge on any atom is -0.194 e. The van der Waals surface area contributed by atoms with Gasteiger partial charge in [-0.3, -0.25) is 0 Å². The van der Waals surface area contributed by atoms with Crippen LogP contribution in [-0.4, -0.2) is 17.8 Å². The Kier molecular flexibility index (Phi) is 5.71. The van der Waals surface area contributed by atoms with Crippen molar-refractivity contribution in [1.82, 2.24) is 0 Å². The van der Waals surface area contributed by atoms with Crippen LogP contribution in [0.3, 0.4) is 0 Å². The van der Waals surface area contributed by atoms with Crippen LogP contribution >= 0.6 is 45.3 Å². The molecule has 184 valence electrons. The highest BCUT2D eigenvalue weighted by Gasteiger charge is 2.80. The normalized spacial score (nSPS) is 18.6. The summed E-state index contributed by atoms with van der Waals surface area (Å²) in [7, 11) is 0. The molecule has 4 aromatic heterocycles. The maximum atomic E-state index is 15.3. The van der Waals surface area contributed by atoms with E-state index < -0.39 is 28.9 Å². The van der Waals surface area contributed by atoms with E-state index in [1.54, 1.807) is 12.1 Å². The summed E-state index contributed by atoms with van der Waals surface area (Å²) in [6.07, 6.45) is 0. The second-order valence-electron chi connectivity index (χ2n) is 8.45. The summed E-state index contributed by atoms with van der Waals surface area (Å²) < 4.78 is 90.7. The van der Waals surface area contributed by atoms with Gasteiger partial charge in [0.1, 0.15) is 0 Å². The Balaban J connectivity index is 1.78. The third-order valence-electron chi connectivity index (χ3n) is 6.01. The highest BCUT2D eigenvalue weighted by Crippen LogP contribution is 2.66. The van der Waals surface area contributed by atoms with Gasteiger partial charge in [0, 0.05) is 50.2 Å². The Morgan fingerprint density at radius 1 is 0.514 bits per heavy atom. The Labute approximate surface area is 214 Å². The van der Waals surface area contributed by atoms with E-state index in [2.05, 4.69) is 0 Å². The SMILES string of the molecule is Cc1ccc(-c2cc(C3=C(c4cc(-c5ccc(C)s5)sc4C)C(F)(F)C(F)(F)C3(F)F)c(C)s2)s1. The number of aryl methyl sites for hydroxylation is 4. The van der Waals surface area contributed by atoms with Crippen LogP contribution < -0.4 is 0 Å². The van der Waals surface area contributed by atoms with E-state index in [0.29, 0.717) is 9.75 Å². The van der Waals surface area contributed by atoms with Gasteiger partial charge in [-0.2, -0.15) is 26.3 Å². The van der Waals surface area contributed by atoms with Crippen molar-refractivity contribution in [1.29, 1.82) is 0 Å². The van der Waals surface area contributed by atoms with Crippen LogP contribution in [0.25, 0.3) is 30.7 Å². The molecule has 0 saturated heterocycles. The number of allylic oxidation sites excluding steroid dienone is 2. The minimum atomic E-state index is -5.56. The minimum absolute atomic E-state index is 0.257. The van der Waals surface area contributed by atoms with E-state index in [1.165, 1.54) is 48.7 Å². The molecule has 5 rings (SSSR count). The van der Waals surface area contributed by atoms with Gasteiger partial charge in [-0.15, -0.1) is 45.3 Å². The molecule has 0 saturated carbocycles. The summed E-state index contributed by atoms with van der Waals surface area (Å²) >= 11 is 5.11. The molecule has 1 aliphatic carbocycles. The fourth-order valence-electron chi connectivity index (χ4n) is 4.27. The van der Waals surface area contributed by atoms with Crippen molar-refractivity contribution in [3.63, 3.8) is 0 Å². The zero-order valence-corrected chi connectivity index (χ0v) is 22.1. The monoisotopic (exact) mass is 560 g/mol. The van der Waals surface area contributed by atoms with Crippen molar-refractivity contribution in [3.05, 3.63) is 67.0 Å². The number of hydrogen-bond acceptors (Lipinski definition) is 4. The van der Waals surface area contributed by atoms with Crippen molar-refractivity contribution in [2.45, 2.75) is 45.5 Å². The van der Waals surface area contributed by atoms with E-state index in [0.717, 1.165) is 42.2 Å². The van der Waals surface area contributed by atoms with E-state index in [1.807, 2.05) is 26.0 Å². The molecule has 0 spiro atoms. The van der Waals surface area contributed by atoms with Crippen molar-refractivity contribution in [3.8, 4) is 19.5 Å². The van der Waals surface area contributed by atoms with Crippen LogP contribution in [0.2, 0.25) is 0 Å². The molecule has 0 aromatic carbocycles. The predicted octanol–water partition coefficient (Wildman–Crippen LogP) is 10.3. The Morgan fingerprint density at radius 3 is 1.20 bits per heavy atom. The van der Waals surface area contributed by atoms with Gasteiger partial charge in [0.25, 0.3) is 0 Å². The quantitative estimate of drug-likeness (QED) is 0.218. The second-order valence-corrected chi connectivity index (χ2v) is 13.5. The number of thiophene rings is 4. The molecule has 0 radical (unpaired) electrons. The Morgan fingerprint density at radius 2 is 0.886 bits per heavy atom. The van der Waals surface area contributed by atoms with Crippen molar-refractivity contribution in [2.75, 3.05) is 0 Å². The van der Waals surface area contributed by atoms with E-state index >= 15 is 17.6 Å². The smallest absolute Gasteiger partial charge is 0.194 e. The number of halogens is 6. The molecule has 10 heteroatoms. The molecule has 0 bridgehead atoms. The Hall–Kier alpha value is -1.88. The Bertz CT molecular complexity index is 1370. The lowest BCUT2D eigenvalue weighted by atomic mass is 9.95. The third-order valence-corrected chi connectivity index (χ3v) is 10.5. The van der Waals surface area contributed by atoms with Gasteiger partial charge in [0.15, 0.2) is 0 Å². The van der Waals surface area contributed by atoms with E-state index in [4.69, 9.17) is 0 Å². The highest BCUT2D eigenvalue weighted by molar-refractivity contribution is 7.22. The maximum absolute atomic E-state index is 15.3. The molecule has 0 atom stereocenters.